The molecule has 2 amide bonds. The maximum Gasteiger partial charge on any atom is 0.318 e. The average molecular weight is 118 g/mol. The molecule has 0 bridgehead atoms. The van der Waals surface area contributed by atoms with Crippen LogP contribution in [0.15, 0.2) is 0 Å². The zero-order chi connectivity index (χ0) is 5.98. The number of nitrogens with two attached hydrogens (primary N) is 1. The van der Waals surface area contributed by atoms with Gasteiger partial charge in [-0.3, -0.25) is 4.90 Å². The second kappa shape index (κ2) is 1.97. The molecule has 46 valence electrons. The monoisotopic (exact) mass is 118 g/mol. The second-order valence-corrected chi connectivity index (χ2v) is 1.37. The summed E-state index contributed by atoms with van der Waals surface area (Å²) in [6.45, 7) is 0.269. The van der Waals surface area contributed by atoms with Crippen molar-refractivity contribution in [1.29, 1.82) is 0 Å². The number of hydrogen-bond acceptors (Lipinski definition) is 3. The minimum absolute atomic E-state index is 0.134. The Hall–Kier alpha value is -0.810. The van der Waals surface area contributed by atoms with Crippen LogP contribution in [-0.2, 0) is 9.78 Å². The number of urea groups is 1. The number of rotatable bonds is 0. The van der Waals surface area contributed by atoms with Crippen LogP contribution in [0.3, 0.4) is 0 Å². The van der Waals surface area contributed by atoms with Crippen LogP contribution in [0, 0.1) is 0 Å². The average Bonchev–Trinajstić information content (AvgIpc) is 2.12. The van der Waals surface area contributed by atoms with Crippen molar-refractivity contribution in [3.8, 4) is 0 Å². The molecule has 0 aromatic heterocycles. The summed E-state index contributed by atoms with van der Waals surface area (Å²) in [7, 11) is 0. The molecule has 0 aromatic rings. The lowest BCUT2D eigenvalue weighted by Crippen LogP contribution is -2.32. The molecular formula is C3H6N2O3. The lowest BCUT2D eigenvalue weighted by Gasteiger charge is -2.03. The maximum absolute atomic E-state index is 10.2. The van der Waals surface area contributed by atoms with Gasteiger partial charge in [-0.2, -0.15) is 0 Å². The molecule has 1 rings (SSSR count). The van der Waals surface area contributed by atoms with Crippen LogP contribution < -0.4 is 5.73 Å². The Morgan fingerprint density at radius 1 is 1.50 bits per heavy atom. The van der Waals surface area contributed by atoms with E-state index in [0.717, 1.165) is 0 Å². The quantitative estimate of drug-likeness (QED) is 0.425. The first-order valence-corrected chi connectivity index (χ1v) is 2.09. The standard InChI is InChI=1S/C3H6N2O3/c4-3(6)5-1-7-8-2-5/h1-2H2,(H2,4,6). The first kappa shape index (κ1) is 5.33. The Bertz CT molecular complexity index is 98.7. The third-order valence-electron chi connectivity index (χ3n) is 0.812. The summed E-state index contributed by atoms with van der Waals surface area (Å²) in [5, 5.41) is 0. The molecule has 0 spiro atoms. The molecule has 1 aliphatic rings. The van der Waals surface area contributed by atoms with E-state index in [2.05, 4.69) is 9.78 Å². The van der Waals surface area contributed by atoms with Gasteiger partial charge < -0.3 is 5.73 Å². The largest absolute Gasteiger partial charge is 0.351 e. The molecule has 1 fully saturated rings. The first-order valence-electron chi connectivity index (χ1n) is 2.09. The third kappa shape index (κ3) is 0.877. The summed E-state index contributed by atoms with van der Waals surface area (Å²) in [5.74, 6) is 0. The van der Waals surface area contributed by atoms with E-state index in [-0.39, 0.29) is 13.5 Å². The fraction of sp³-hybridized carbons (Fsp3) is 0.667. The Morgan fingerprint density at radius 2 is 2.00 bits per heavy atom. The molecule has 1 saturated heterocycles. The Balaban J connectivity index is 2.35. The molecule has 0 unspecified atom stereocenters. The van der Waals surface area contributed by atoms with E-state index < -0.39 is 6.03 Å². The van der Waals surface area contributed by atoms with Gasteiger partial charge in [-0.05, 0) is 0 Å². The molecule has 1 aliphatic heterocycles. The molecule has 2 N–H and O–H groups in total. The van der Waals surface area contributed by atoms with Gasteiger partial charge in [-0.15, -0.1) is 0 Å². The Kier molecular flexibility index (Phi) is 1.32. The summed E-state index contributed by atoms with van der Waals surface area (Å²) >= 11 is 0. The van der Waals surface area contributed by atoms with Gasteiger partial charge in [0.25, 0.3) is 0 Å². The molecule has 0 aliphatic carbocycles. The van der Waals surface area contributed by atoms with Crippen molar-refractivity contribution in [3.05, 3.63) is 0 Å². The number of carbonyl (C=O) groups is 1. The molecule has 5 nitrogen and oxygen atoms in total. The van der Waals surface area contributed by atoms with Crippen molar-refractivity contribution >= 4 is 6.03 Å². The summed E-state index contributed by atoms with van der Waals surface area (Å²) in [6, 6.07) is -0.525. The van der Waals surface area contributed by atoms with E-state index in [1.54, 1.807) is 0 Å². The smallest absolute Gasteiger partial charge is 0.318 e. The van der Waals surface area contributed by atoms with E-state index in [9.17, 15) is 4.79 Å². The minimum Gasteiger partial charge on any atom is -0.351 e. The highest BCUT2D eigenvalue weighted by Crippen LogP contribution is 1.97. The van der Waals surface area contributed by atoms with Crippen molar-refractivity contribution < 1.29 is 14.6 Å². The zero-order valence-electron chi connectivity index (χ0n) is 4.16. The SMILES string of the molecule is NC(=O)N1COOC1. The number of carbonyl (C=O) groups excluding carboxylic acids is 1. The lowest BCUT2D eigenvalue weighted by atomic mass is 10.8. The van der Waals surface area contributed by atoms with Crippen molar-refractivity contribution in [2.45, 2.75) is 0 Å². The zero-order valence-corrected chi connectivity index (χ0v) is 4.16. The van der Waals surface area contributed by atoms with Crippen LogP contribution in [0.5, 0.6) is 0 Å². The van der Waals surface area contributed by atoms with Gasteiger partial charge in [0.15, 0.2) is 13.5 Å². The molecule has 0 radical (unpaired) electrons. The summed E-state index contributed by atoms with van der Waals surface area (Å²) in [6.07, 6.45) is 0. The van der Waals surface area contributed by atoms with Crippen LogP contribution in [0.2, 0.25) is 0 Å². The second-order valence-electron chi connectivity index (χ2n) is 1.37. The number of primary amides is 1. The van der Waals surface area contributed by atoms with Crippen LogP contribution in [-0.4, -0.2) is 24.4 Å². The van der Waals surface area contributed by atoms with Crippen LogP contribution in [0.25, 0.3) is 0 Å². The molecule has 1 heterocycles. The van der Waals surface area contributed by atoms with Gasteiger partial charge in [-0.25, -0.2) is 14.6 Å². The highest BCUT2D eigenvalue weighted by Gasteiger charge is 2.15. The molecule has 0 aromatic carbocycles. The predicted octanol–water partition coefficient (Wildman–Crippen LogP) is -0.756. The maximum atomic E-state index is 10.2. The van der Waals surface area contributed by atoms with E-state index >= 15 is 0 Å². The van der Waals surface area contributed by atoms with Gasteiger partial charge in [0, 0.05) is 0 Å². The fourth-order valence-corrected chi connectivity index (χ4v) is 0.366. The molecular weight excluding hydrogens is 112 g/mol. The van der Waals surface area contributed by atoms with E-state index in [4.69, 9.17) is 5.73 Å². The van der Waals surface area contributed by atoms with Crippen LogP contribution >= 0.6 is 0 Å². The molecule has 5 heteroatoms. The molecule has 8 heavy (non-hydrogen) atoms. The van der Waals surface area contributed by atoms with Gasteiger partial charge in [0.1, 0.15) is 0 Å². The highest BCUT2D eigenvalue weighted by molar-refractivity contribution is 5.71. The summed E-state index contributed by atoms with van der Waals surface area (Å²) < 4.78 is 0. The van der Waals surface area contributed by atoms with E-state index in [1.807, 2.05) is 0 Å². The Morgan fingerprint density at radius 3 is 2.25 bits per heavy atom. The summed E-state index contributed by atoms with van der Waals surface area (Å²) in [5.41, 5.74) is 4.82. The Labute approximate surface area is 45.9 Å². The minimum atomic E-state index is -0.525. The predicted molar refractivity (Wildman–Crippen MR) is 23.3 cm³/mol. The van der Waals surface area contributed by atoms with E-state index in [1.165, 1.54) is 4.90 Å². The van der Waals surface area contributed by atoms with Crippen molar-refractivity contribution in [1.82, 2.24) is 4.90 Å². The topological polar surface area (TPSA) is 64.8 Å². The van der Waals surface area contributed by atoms with Gasteiger partial charge in [0.05, 0.1) is 0 Å². The highest BCUT2D eigenvalue weighted by atomic mass is 17.2. The number of amides is 2. The van der Waals surface area contributed by atoms with Gasteiger partial charge in [0.2, 0.25) is 0 Å². The number of hydrogen-bond donors (Lipinski definition) is 1. The normalized spacial score (nSPS) is 19.2. The fourth-order valence-electron chi connectivity index (χ4n) is 0.366. The van der Waals surface area contributed by atoms with Gasteiger partial charge in [-0.1, -0.05) is 0 Å². The van der Waals surface area contributed by atoms with Crippen molar-refractivity contribution in [2.24, 2.45) is 5.73 Å². The lowest BCUT2D eigenvalue weighted by molar-refractivity contribution is -0.248. The van der Waals surface area contributed by atoms with Gasteiger partial charge >= 0.3 is 6.03 Å². The third-order valence-corrected chi connectivity index (χ3v) is 0.812. The van der Waals surface area contributed by atoms with Crippen LogP contribution in [0.1, 0.15) is 0 Å². The van der Waals surface area contributed by atoms with Crippen molar-refractivity contribution in [2.75, 3.05) is 13.5 Å². The number of nitrogens with zero attached hydrogens (tertiary/aromatic N) is 1. The first-order chi connectivity index (χ1) is 3.80. The van der Waals surface area contributed by atoms with Crippen molar-refractivity contribution in [3.63, 3.8) is 0 Å². The molecule has 0 saturated carbocycles. The molecule has 0 atom stereocenters. The van der Waals surface area contributed by atoms with Crippen LogP contribution in [0.4, 0.5) is 4.79 Å². The van der Waals surface area contributed by atoms with E-state index in [0.29, 0.717) is 0 Å². The summed E-state index contributed by atoms with van der Waals surface area (Å²) in [4.78, 5) is 20.1.